The largest absolute Gasteiger partial charge is 0.494 e. The quantitative estimate of drug-likeness (QED) is 0.183. The van der Waals surface area contributed by atoms with E-state index in [1.807, 2.05) is 66.1 Å². The zero-order valence-corrected chi connectivity index (χ0v) is 20.9. The van der Waals surface area contributed by atoms with E-state index in [1.165, 1.54) is 6.07 Å². The molecule has 1 atom stereocenters. The molecular formula is C28H24N4O4S. The summed E-state index contributed by atoms with van der Waals surface area (Å²) in [6, 6.07) is 20.6. The molecule has 0 saturated heterocycles. The van der Waals surface area contributed by atoms with E-state index in [4.69, 9.17) is 14.1 Å². The molecule has 0 aliphatic carbocycles. The lowest BCUT2D eigenvalue weighted by atomic mass is 10.0. The number of rotatable bonds is 9. The molecule has 0 bridgehead atoms. The van der Waals surface area contributed by atoms with Gasteiger partial charge in [0.25, 0.3) is 0 Å². The van der Waals surface area contributed by atoms with Crippen LogP contribution in [0.3, 0.4) is 0 Å². The van der Waals surface area contributed by atoms with Crippen LogP contribution in [0.1, 0.15) is 34.3 Å². The highest BCUT2D eigenvalue weighted by atomic mass is 32.1. The minimum absolute atomic E-state index is 0.163. The van der Waals surface area contributed by atoms with Gasteiger partial charge in [-0.05, 0) is 55.5 Å². The summed E-state index contributed by atoms with van der Waals surface area (Å²) in [5.74, 6) is 0.971. The number of allylic oxidation sites excluding steroid dienone is 1. The van der Waals surface area contributed by atoms with Crippen molar-refractivity contribution < 1.29 is 19.1 Å². The number of carbonyl (C=O) groups is 1. The van der Waals surface area contributed by atoms with Crippen LogP contribution in [0.4, 0.5) is 0 Å². The van der Waals surface area contributed by atoms with E-state index in [9.17, 15) is 9.90 Å². The number of carboxylic acid groups (broad SMARTS) is 1. The highest BCUT2D eigenvalue weighted by molar-refractivity contribution is 7.80. The van der Waals surface area contributed by atoms with Crippen molar-refractivity contribution in [3.8, 4) is 28.4 Å². The van der Waals surface area contributed by atoms with Gasteiger partial charge in [-0.25, -0.2) is 9.78 Å². The van der Waals surface area contributed by atoms with Crippen molar-refractivity contribution in [3.63, 3.8) is 0 Å². The topological polar surface area (TPSA) is 103 Å². The second kappa shape index (κ2) is 10.3. The van der Waals surface area contributed by atoms with E-state index < -0.39 is 11.2 Å². The summed E-state index contributed by atoms with van der Waals surface area (Å²) >= 11 is 4.69. The summed E-state index contributed by atoms with van der Waals surface area (Å²) in [6.45, 7) is 6.86. The number of hydrogen-bond acceptors (Lipinski definition) is 7. The normalized spacial score (nSPS) is 11.9. The van der Waals surface area contributed by atoms with Crippen LogP contribution in [-0.4, -0.2) is 37.4 Å². The third kappa shape index (κ3) is 4.73. The van der Waals surface area contributed by atoms with Gasteiger partial charge < -0.3 is 18.8 Å². The highest BCUT2D eigenvalue weighted by Crippen LogP contribution is 2.35. The van der Waals surface area contributed by atoms with Gasteiger partial charge in [0.05, 0.1) is 17.8 Å². The number of benzene rings is 2. The van der Waals surface area contributed by atoms with Gasteiger partial charge in [0, 0.05) is 23.1 Å². The molecule has 3 aromatic heterocycles. The highest BCUT2D eigenvalue weighted by Gasteiger charge is 2.25. The Kier molecular flexibility index (Phi) is 6.78. The molecule has 0 saturated carbocycles. The van der Waals surface area contributed by atoms with Gasteiger partial charge in [-0.1, -0.05) is 24.3 Å². The predicted molar refractivity (Wildman–Crippen MR) is 144 cm³/mol. The Morgan fingerprint density at radius 1 is 1.16 bits per heavy atom. The zero-order chi connectivity index (χ0) is 25.9. The molecule has 2 aromatic carbocycles. The smallest absolute Gasteiger partial charge is 0.371 e. The second-order valence-electron chi connectivity index (χ2n) is 8.22. The molecular weight excluding hydrogens is 488 g/mol. The maximum Gasteiger partial charge on any atom is 0.371 e. The first-order valence-corrected chi connectivity index (χ1v) is 12.2. The monoisotopic (exact) mass is 512 g/mol. The van der Waals surface area contributed by atoms with Crippen LogP contribution in [0.15, 0.2) is 83.8 Å². The van der Waals surface area contributed by atoms with Crippen molar-refractivity contribution in [3.05, 3.63) is 96.7 Å². The van der Waals surface area contributed by atoms with Crippen LogP contribution in [-0.2, 0) is 6.54 Å². The van der Waals surface area contributed by atoms with Crippen LogP contribution in [0.2, 0.25) is 0 Å². The van der Waals surface area contributed by atoms with Crippen molar-refractivity contribution >= 4 is 29.5 Å². The SMILES string of the molecule is C=CCn1c(-c2cc(-c3ccc(OCC)cc3)nc3ccccc23)nnc1C(S)c1ccc(C(=O)O)o1. The van der Waals surface area contributed by atoms with E-state index in [-0.39, 0.29) is 5.76 Å². The predicted octanol–water partition coefficient (Wildman–Crippen LogP) is 6.06. The first-order chi connectivity index (χ1) is 18.0. The van der Waals surface area contributed by atoms with Crippen molar-refractivity contribution in [1.29, 1.82) is 0 Å². The standard InChI is InChI=1S/C28H24N4O4S/c1-3-15-32-26(30-31-27(32)25(37)23-13-14-24(36-23)28(33)34)20-16-22(29-21-8-6-5-7-19(20)21)17-9-11-18(12-10-17)35-4-2/h3,5-14,16,25,37H,1,4,15H2,2H3,(H,33,34). The molecule has 0 aliphatic heterocycles. The molecule has 186 valence electrons. The number of nitrogens with zero attached hydrogens (tertiary/aromatic N) is 4. The Hall–Kier alpha value is -4.37. The number of fused-ring (bicyclic) bond motifs is 1. The van der Waals surface area contributed by atoms with E-state index in [0.29, 0.717) is 30.6 Å². The van der Waals surface area contributed by atoms with E-state index in [1.54, 1.807) is 12.1 Å². The molecule has 1 unspecified atom stereocenters. The number of carboxylic acids is 1. The molecule has 0 radical (unpaired) electrons. The molecule has 5 rings (SSSR count). The molecule has 0 spiro atoms. The van der Waals surface area contributed by atoms with Crippen molar-refractivity contribution in [2.45, 2.75) is 18.7 Å². The fourth-order valence-electron chi connectivity index (χ4n) is 4.16. The Bertz CT molecular complexity index is 1590. The first kappa shape index (κ1) is 24.3. The lowest BCUT2D eigenvalue weighted by Crippen LogP contribution is -2.07. The second-order valence-corrected chi connectivity index (χ2v) is 8.74. The molecule has 3 heterocycles. The van der Waals surface area contributed by atoms with E-state index >= 15 is 0 Å². The van der Waals surface area contributed by atoms with Crippen LogP contribution < -0.4 is 4.74 Å². The number of pyridine rings is 1. The third-order valence-corrected chi connectivity index (χ3v) is 6.35. The Morgan fingerprint density at radius 3 is 2.65 bits per heavy atom. The summed E-state index contributed by atoms with van der Waals surface area (Å²) in [5.41, 5.74) is 3.39. The fourth-order valence-corrected chi connectivity index (χ4v) is 4.49. The van der Waals surface area contributed by atoms with Gasteiger partial charge in [-0.2, -0.15) is 12.6 Å². The van der Waals surface area contributed by atoms with Gasteiger partial charge in [-0.3, -0.25) is 0 Å². The molecule has 0 aliphatic rings. The van der Waals surface area contributed by atoms with Crippen molar-refractivity contribution in [2.75, 3.05) is 6.61 Å². The molecule has 37 heavy (non-hydrogen) atoms. The lowest BCUT2D eigenvalue weighted by molar-refractivity contribution is 0.0660. The maximum atomic E-state index is 11.3. The number of aromatic carboxylic acids is 1. The summed E-state index contributed by atoms with van der Waals surface area (Å²) in [5, 5.41) is 18.5. The van der Waals surface area contributed by atoms with Gasteiger partial charge >= 0.3 is 5.97 Å². The number of hydrogen-bond donors (Lipinski definition) is 2. The summed E-state index contributed by atoms with van der Waals surface area (Å²) in [7, 11) is 0. The molecule has 1 N–H and O–H groups in total. The summed E-state index contributed by atoms with van der Waals surface area (Å²) in [4.78, 5) is 16.2. The van der Waals surface area contributed by atoms with Crippen LogP contribution in [0.25, 0.3) is 33.5 Å². The van der Waals surface area contributed by atoms with Crippen LogP contribution >= 0.6 is 12.6 Å². The number of thiol groups is 1. The van der Waals surface area contributed by atoms with Crippen LogP contribution in [0, 0.1) is 0 Å². The molecule has 8 nitrogen and oxygen atoms in total. The Labute approximate surface area is 218 Å². The van der Waals surface area contributed by atoms with Crippen molar-refractivity contribution in [2.24, 2.45) is 0 Å². The van der Waals surface area contributed by atoms with Gasteiger partial charge in [-0.15, -0.1) is 16.8 Å². The van der Waals surface area contributed by atoms with E-state index in [0.717, 1.165) is 33.5 Å². The van der Waals surface area contributed by atoms with E-state index in [2.05, 4.69) is 29.4 Å². The Morgan fingerprint density at radius 2 is 1.95 bits per heavy atom. The Balaban J connectivity index is 1.64. The summed E-state index contributed by atoms with van der Waals surface area (Å²) in [6.07, 6.45) is 1.75. The lowest BCUT2D eigenvalue weighted by Gasteiger charge is -2.14. The molecule has 5 aromatic rings. The number of furan rings is 1. The third-order valence-electron chi connectivity index (χ3n) is 5.86. The van der Waals surface area contributed by atoms with Gasteiger partial charge in [0.15, 0.2) is 11.6 Å². The molecule has 0 amide bonds. The average molecular weight is 513 g/mol. The average Bonchev–Trinajstić information content (AvgIpc) is 3.57. The summed E-state index contributed by atoms with van der Waals surface area (Å²) < 4.78 is 13.0. The maximum absolute atomic E-state index is 11.3. The first-order valence-electron chi connectivity index (χ1n) is 11.7. The van der Waals surface area contributed by atoms with Crippen LogP contribution in [0.5, 0.6) is 5.75 Å². The number of ether oxygens (including phenoxy) is 1. The molecule has 9 heteroatoms. The minimum Gasteiger partial charge on any atom is -0.494 e. The number of aromatic nitrogens is 4. The zero-order valence-electron chi connectivity index (χ0n) is 20.0. The number of para-hydroxylation sites is 1. The minimum atomic E-state index is -1.15. The molecule has 0 fully saturated rings. The van der Waals surface area contributed by atoms with Crippen molar-refractivity contribution in [1.82, 2.24) is 19.7 Å². The fraction of sp³-hybridized carbons (Fsp3) is 0.143. The van der Waals surface area contributed by atoms with Gasteiger partial charge in [0.1, 0.15) is 16.8 Å². The van der Waals surface area contributed by atoms with Gasteiger partial charge in [0.2, 0.25) is 5.76 Å².